The van der Waals surface area contributed by atoms with Crippen molar-refractivity contribution >= 4 is 27.3 Å². The molecule has 0 spiro atoms. The molecule has 0 atom stereocenters. The largest absolute Gasteiger partial charge is 0.369 e. The Kier molecular flexibility index (Phi) is 7.18. The van der Waals surface area contributed by atoms with Gasteiger partial charge in [-0.2, -0.15) is 0 Å². The van der Waals surface area contributed by atoms with Crippen molar-refractivity contribution in [1.82, 2.24) is 4.98 Å². The SMILES string of the molecule is CC(C)(OCCCCCCBr)c1csc(-c2ccc(F)cc2)n1. The third-order valence-corrected chi connectivity index (χ3v) is 5.16. The van der Waals surface area contributed by atoms with Crippen LogP contribution in [0.3, 0.4) is 0 Å². The van der Waals surface area contributed by atoms with Crippen LogP contribution < -0.4 is 0 Å². The number of ether oxygens (including phenoxy) is 1. The van der Waals surface area contributed by atoms with Gasteiger partial charge in [0.1, 0.15) is 16.4 Å². The highest BCUT2D eigenvalue weighted by Crippen LogP contribution is 2.31. The third kappa shape index (κ3) is 5.66. The van der Waals surface area contributed by atoms with E-state index in [2.05, 4.69) is 34.8 Å². The van der Waals surface area contributed by atoms with Crippen molar-refractivity contribution in [1.29, 1.82) is 0 Å². The van der Waals surface area contributed by atoms with Gasteiger partial charge in [-0.1, -0.05) is 28.8 Å². The van der Waals surface area contributed by atoms with Crippen LogP contribution in [0.5, 0.6) is 0 Å². The zero-order valence-electron chi connectivity index (χ0n) is 13.6. The van der Waals surface area contributed by atoms with Crippen LogP contribution in [0.2, 0.25) is 0 Å². The summed E-state index contributed by atoms with van der Waals surface area (Å²) in [4.78, 5) is 4.68. The highest BCUT2D eigenvalue weighted by Gasteiger charge is 2.24. The van der Waals surface area contributed by atoms with Crippen LogP contribution in [-0.4, -0.2) is 16.9 Å². The molecular weight excluding hydrogens is 377 g/mol. The van der Waals surface area contributed by atoms with Gasteiger partial charge in [-0.15, -0.1) is 11.3 Å². The van der Waals surface area contributed by atoms with Crippen LogP contribution in [0.4, 0.5) is 4.39 Å². The Morgan fingerprint density at radius 1 is 1.13 bits per heavy atom. The zero-order chi connectivity index (χ0) is 16.7. The molecule has 0 unspecified atom stereocenters. The Hall–Kier alpha value is -0.780. The third-order valence-electron chi connectivity index (χ3n) is 3.70. The number of hydrogen-bond donors (Lipinski definition) is 0. The number of thiazole rings is 1. The van der Waals surface area contributed by atoms with Crippen LogP contribution in [0.25, 0.3) is 10.6 Å². The van der Waals surface area contributed by atoms with Gasteiger partial charge < -0.3 is 4.74 Å². The van der Waals surface area contributed by atoms with E-state index < -0.39 is 5.60 Å². The number of unbranched alkanes of at least 4 members (excludes halogenated alkanes) is 3. The molecule has 0 amide bonds. The Morgan fingerprint density at radius 2 is 1.83 bits per heavy atom. The molecule has 2 aromatic rings. The molecule has 2 rings (SSSR count). The number of nitrogens with zero attached hydrogens (tertiary/aromatic N) is 1. The summed E-state index contributed by atoms with van der Waals surface area (Å²) in [6.45, 7) is 4.85. The van der Waals surface area contributed by atoms with Gasteiger partial charge in [0.05, 0.1) is 5.69 Å². The van der Waals surface area contributed by atoms with Crippen molar-refractivity contribution in [2.75, 3.05) is 11.9 Å². The van der Waals surface area contributed by atoms with Gasteiger partial charge in [0, 0.05) is 22.9 Å². The molecule has 2 nitrogen and oxygen atoms in total. The molecule has 0 bridgehead atoms. The quantitative estimate of drug-likeness (QED) is 0.372. The fourth-order valence-corrected chi connectivity index (χ4v) is 3.61. The fourth-order valence-electron chi connectivity index (χ4n) is 2.23. The predicted molar refractivity (Wildman–Crippen MR) is 98.7 cm³/mol. The highest BCUT2D eigenvalue weighted by atomic mass is 79.9. The maximum absolute atomic E-state index is 13.0. The lowest BCUT2D eigenvalue weighted by Gasteiger charge is -2.23. The summed E-state index contributed by atoms with van der Waals surface area (Å²) in [5.74, 6) is -0.228. The zero-order valence-corrected chi connectivity index (χ0v) is 16.1. The van der Waals surface area contributed by atoms with E-state index in [0.717, 1.165) is 34.6 Å². The minimum atomic E-state index is -0.399. The minimum Gasteiger partial charge on any atom is -0.369 e. The molecule has 0 saturated carbocycles. The van der Waals surface area contributed by atoms with E-state index in [9.17, 15) is 4.39 Å². The number of rotatable bonds is 9. The molecule has 0 N–H and O–H groups in total. The van der Waals surface area contributed by atoms with Crippen molar-refractivity contribution < 1.29 is 9.13 Å². The average molecular weight is 400 g/mol. The van der Waals surface area contributed by atoms with E-state index in [-0.39, 0.29) is 5.82 Å². The number of alkyl halides is 1. The maximum atomic E-state index is 13.0. The van der Waals surface area contributed by atoms with E-state index in [1.807, 2.05) is 5.38 Å². The van der Waals surface area contributed by atoms with Crippen LogP contribution >= 0.6 is 27.3 Å². The van der Waals surface area contributed by atoms with Crippen molar-refractivity contribution in [3.8, 4) is 10.6 Å². The number of hydrogen-bond acceptors (Lipinski definition) is 3. The first-order valence-electron chi connectivity index (χ1n) is 7.95. The summed E-state index contributed by atoms with van der Waals surface area (Å²) in [5.41, 5.74) is 1.47. The van der Waals surface area contributed by atoms with Crippen LogP contribution in [0, 0.1) is 5.82 Å². The molecule has 5 heteroatoms. The van der Waals surface area contributed by atoms with Crippen molar-refractivity contribution in [3.05, 3.63) is 41.2 Å². The monoisotopic (exact) mass is 399 g/mol. The van der Waals surface area contributed by atoms with Gasteiger partial charge in [0.2, 0.25) is 0 Å². The first-order chi connectivity index (χ1) is 11.0. The standard InChI is InChI=1S/C18H23BrFNOS/c1-18(2,22-12-6-4-3-5-11-19)16-13-23-17(21-16)14-7-9-15(20)10-8-14/h7-10,13H,3-6,11-12H2,1-2H3. The maximum Gasteiger partial charge on any atom is 0.123 e. The van der Waals surface area contributed by atoms with Gasteiger partial charge in [-0.3, -0.25) is 0 Å². The van der Waals surface area contributed by atoms with Crippen LogP contribution in [0.1, 0.15) is 45.2 Å². The first kappa shape index (κ1) is 18.6. The molecule has 0 saturated heterocycles. The van der Waals surface area contributed by atoms with Gasteiger partial charge in [0.15, 0.2) is 0 Å². The van der Waals surface area contributed by atoms with E-state index in [0.29, 0.717) is 0 Å². The van der Waals surface area contributed by atoms with Crippen molar-refractivity contribution in [3.63, 3.8) is 0 Å². The molecule has 0 radical (unpaired) electrons. The Bertz CT molecular complexity index is 597. The molecule has 126 valence electrons. The lowest BCUT2D eigenvalue weighted by atomic mass is 10.1. The molecule has 1 aromatic heterocycles. The summed E-state index contributed by atoms with van der Waals surface area (Å²) < 4.78 is 19.0. The first-order valence-corrected chi connectivity index (χ1v) is 9.95. The van der Waals surface area contributed by atoms with E-state index in [1.54, 1.807) is 23.5 Å². The van der Waals surface area contributed by atoms with Crippen molar-refractivity contribution in [2.45, 2.75) is 45.1 Å². The van der Waals surface area contributed by atoms with Gasteiger partial charge in [-0.05, 0) is 51.0 Å². The molecule has 0 aliphatic rings. The Morgan fingerprint density at radius 3 is 2.52 bits per heavy atom. The summed E-state index contributed by atoms with van der Waals surface area (Å²) >= 11 is 5.01. The topological polar surface area (TPSA) is 22.1 Å². The Labute approximate surface area is 150 Å². The summed E-state index contributed by atoms with van der Waals surface area (Å²) in [5, 5.41) is 4.00. The average Bonchev–Trinajstić information content (AvgIpc) is 3.02. The lowest BCUT2D eigenvalue weighted by molar-refractivity contribution is -0.0260. The lowest BCUT2D eigenvalue weighted by Crippen LogP contribution is -2.22. The molecule has 0 fully saturated rings. The summed E-state index contributed by atoms with van der Waals surface area (Å²) in [6, 6.07) is 6.45. The Balaban J connectivity index is 1.91. The smallest absolute Gasteiger partial charge is 0.123 e. The number of benzene rings is 1. The molecule has 0 aliphatic heterocycles. The second kappa shape index (κ2) is 8.90. The van der Waals surface area contributed by atoms with E-state index in [4.69, 9.17) is 4.74 Å². The van der Waals surface area contributed by atoms with E-state index in [1.165, 1.54) is 31.4 Å². The molecular formula is C18H23BrFNOS. The molecule has 1 heterocycles. The summed E-state index contributed by atoms with van der Waals surface area (Å²) in [7, 11) is 0. The molecule has 0 aliphatic carbocycles. The van der Waals surface area contributed by atoms with Crippen LogP contribution in [0.15, 0.2) is 29.6 Å². The highest BCUT2D eigenvalue weighted by molar-refractivity contribution is 9.09. The number of aromatic nitrogens is 1. The second-order valence-corrected chi connectivity index (χ2v) is 7.66. The normalized spacial score (nSPS) is 11.8. The second-order valence-electron chi connectivity index (χ2n) is 6.01. The van der Waals surface area contributed by atoms with E-state index >= 15 is 0 Å². The molecule has 1 aromatic carbocycles. The molecule has 23 heavy (non-hydrogen) atoms. The fraction of sp³-hybridized carbons (Fsp3) is 0.500. The van der Waals surface area contributed by atoms with Gasteiger partial charge in [-0.25, -0.2) is 9.37 Å². The van der Waals surface area contributed by atoms with Crippen LogP contribution in [-0.2, 0) is 10.3 Å². The van der Waals surface area contributed by atoms with Crippen molar-refractivity contribution in [2.24, 2.45) is 0 Å². The summed E-state index contributed by atoms with van der Waals surface area (Å²) in [6.07, 6.45) is 4.72. The predicted octanol–water partition coefficient (Wildman–Crippen LogP) is 6.16. The minimum absolute atomic E-state index is 0.228. The number of halogens is 2. The van der Waals surface area contributed by atoms with Gasteiger partial charge >= 0.3 is 0 Å². The van der Waals surface area contributed by atoms with Gasteiger partial charge in [0.25, 0.3) is 0 Å².